The van der Waals surface area contributed by atoms with Crippen LogP contribution in [-0.4, -0.2) is 49.3 Å². The van der Waals surface area contributed by atoms with E-state index in [0.29, 0.717) is 19.7 Å². The summed E-state index contributed by atoms with van der Waals surface area (Å²) in [6.07, 6.45) is 7.19. The summed E-state index contributed by atoms with van der Waals surface area (Å²) in [7, 11) is 0. The second-order valence-electron chi connectivity index (χ2n) is 7.05. The lowest BCUT2D eigenvalue weighted by Crippen LogP contribution is -2.38. The Morgan fingerprint density at radius 3 is 2.90 bits per heavy atom. The molecule has 0 N–H and O–H groups in total. The number of pyridine rings is 1. The number of aryl methyl sites for hydroxylation is 1. The summed E-state index contributed by atoms with van der Waals surface area (Å²) in [5.41, 5.74) is 0.597. The van der Waals surface area contributed by atoms with Gasteiger partial charge >= 0.3 is 11.7 Å². The maximum Gasteiger partial charge on any atom is 0.346 e. The summed E-state index contributed by atoms with van der Waals surface area (Å²) in [4.78, 5) is 43.0. The number of amides is 1. The van der Waals surface area contributed by atoms with Crippen LogP contribution in [0.2, 0.25) is 0 Å². The van der Waals surface area contributed by atoms with Crippen molar-refractivity contribution in [2.45, 2.75) is 58.7 Å². The first-order chi connectivity index (χ1) is 14.1. The fraction of sp³-hybridized carbons (Fsp3) is 0.550. The molecule has 156 valence electrons. The minimum Gasteiger partial charge on any atom is -0.466 e. The summed E-state index contributed by atoms with van der Waals surface area (Å²) in [6.45, 7) is 3.03. The molecule has 1 aliphatic rings. The summed E-state index contributed by atoms with van der Waals surface area (Å²) in [6, 6.07) is 3.66. The van der Waals surface area contributed by atoms with E-state index in [-0.39, 0.29) is 37.1 Å². The van der Waals surface area contributed by atoms with Crippen LogP contribution >= 0.6 is 0 Å². The van der Waals surface area contributed by atoms with E-state index in [1.165, 1.54) is 4.68 Å². The number of hydrogen-bond donors (Lipinski definition) is 0. The minimum absolute atomic E-state index is 0.0917. The van der Waals surface area contributed by atoms with E-state index in [9.17, 15) is 14.4 Å². The number of rotatable bonds is 8. The maximum atomic E-state index is 13.0. The SMILES string of the molecule is CCOC(=O)CCN(Cc1cccnc1)C(=O)Cn1nc2n(c1=O)CCCCC2. The molecule has 0 spiro atoms. The Hall–Kier alpha value is -2.97. The lowest BCUT2D eigenvalue weighted by Gasteiger charge is -2.22. The molecule has 2 aromatic rings. The molecule has 29 heavy (non-hydrogen) atoms. The molecule has 0 saturated heterocycles. The van der Waals surface area contributed by atoms with Crippen LogP contribution in [0.3, 0.4) is 0 Å². The van der Waals surface area contributed by atoms with E-state index in [1.807, 2.05) is 6.07 Å². The topological polar surface area (TPSA) is 99.3 Å². The van der Waals surface area contributed by atoms with Crippen molar-refractivity contribution in [3.05, 3.63) is 46.4 Å². The molecule has 1 amide bonds. The predicted octanol–water partition coefficient (Wildman–Crippen LogP) is 1.15. The number of nitrogens with zero attached hydrogens (tertiary/aromatic N) is 5. The van der Waals surface area contributed by atoms with Crippen LogP contribution in [0.1, 0.15) is 44.0 Å². The highest BCUT2D eigenvalue weighted by atomic mass is 16.5. The molecule has 9 nitrogen and oxygen atoms in total. The summed E-state index contributed by atoms with van der Waals surface area (Å²) < 4.78 is 7.88. The van der Waals surface area contributed by atoms with E-state index in [4.69, 9.17) is 4.74 Å². The van der Waals surface area contributed by atoms with Gasteiger partial charge in [-0.15, -0.1) is 0 Å². The van der Waals surface area contributed by atoms with E-state index in [1.54, 1.807) is 34.9 Å². The number of fused-ring (bicyclic) bond motifs is 1. The molecule has 1 aliphatic heterocycles. The summed E-state index contributed by atoms with van der Waals surface area (Å²) >= 11 is 0. The maximum absolute atomic E-state index is 13.0. The highest BCUT2D eigenvalue weighted by Crippen LogP contribution is 2.11. The van der Waals surface area contributed by atoms with Gasteiger partial charge in [-0.2, -0.15) is 5.10 Å². The van der Waals surface area contributed by atoms with Gasteiger partial charge in [0.1, 0.15) is 12.4 Å². The second kappa shape index (κ2) is 9.99. The average Bonchev–Trinajstić information content (AvgIpc) is 2.87. The first-order valence-corrected chi connectivity index (χ1v) is 10.1. The third kappa shape index (κ3) is 5.52. The van der Waals surface area contributed by atoms with E-state index >= 15 is 0 Å². The lowest BCUT2D eigenvalue weighted by molar-refractivity contribution is -0.144. The van der Waals surface area contributed by atoms with Crippen LogP contribution in [-0.2, 0) is 40.4 Å². The molecule has 3 rings (SSSR count). The average molecular weight is 401 g/mol. The van der Waals surface area contributed by atoms with Crippen molar-refractivity contribution >= 4 is 11.9 Å². The quantitative estimate of drug-likeness (QED) is 0.615. The van der Waals surface area contributed by atoms with Crippen LogP contribution in [0.15, 0.2) is 29.3 Å². The van der Waals surface area contributed by atoms with Crippen molar-refractivity contribution in [1.29, 1.82) is 0 Å². The molecule has 0 saturated carbocycles. The van der Waals surface area contributed by atoms with Crippen LogP contribution in [0, 0.1) is 0 Å². The van der Waals surface area contributed by atoms with Crippen molar-refractivity contribution in [2.75, 3.05) is 13.2 Å². The van der Waals surface area contributed by atoms with Crippen molar-refractivity contribution in [1.82, 2.24) is 24.2 Å². The van der Waals surface area contributed by atoms with Crippen LogP contribution in [0.4, 0.5) is 0 Å². The molecular formula is C20H27N5O4. The molecular weight excluding hydrogens is 374 g/mol. The van der Waals surface area contributed by atoms with Gasteiger partial charge in [0.2, 0.25) is 5.91 Å². The smallest absolute Gasteiger partial charge is 0.346 e. The zero-order chi connectivity index (χ0) is 20.6. The molecule has 9 heteroatoms. The fourth-order valence-corrected chi connectivity index (χ4v) is 3.42. The first-order valence-electron chi connectivity index (χ1n) is 10.1. The highest BCUT2D eigenvalue weighted by Gasteiger charge is 2.21. The largest absolute Gasteiger partial charge is 0.466 e. The predicted molar refractivity (Wildman–Crippen MR) is 105 cm³/mol. The second-order valence-corrected chi connectivity index (χ2v) is 7.05. The van der Waals surface area contributed by atoms with Crippen molar-refractivity contribution in [3.8, 4) is 0 Å². The molecule has 0 fully saturated rings. The molecule has 2 aromatic heterocycles. The van der Waals surface area contributed by atoms with Gasteiger partial charge < -0.3 is 9.64 Å². The zero-order valence-electron chi connectivity index (χ0n) is 16.7. The van der Waals surface area contributed by atoms with Gasteiger partial charge in [-0.3, -0.25) is 19.1 Å². The molecule has 3 heterocycles. The Kier molecular flexibility index (Phi) is 7.15. The Bertz CT molecular complexity index is 890. The Morgan fingerprint density at radius 1 is 1.28 bits per heavy atom. The van der Waals surface area contributed by atoms with Crippen LogP contribution < -0.4 is 5.69 Å². The van der Waals surface area contributed by atoms with Gasteiger partial charge in [0.15, 0.2) is 0 Å². The number of esters is 1. The standard InChI is InChI=1S/C20H27N5O4/c1-2-29-19(27)9-12-23(14-16-7-6-10-21-13-16)18(26)15-25-20(28)24-11-5-3-4-8-17(24)22-25/h6-7,10,13H,2-5,8-9,11-12,14-15H2,1H3. The van der Waals surface area contributed by atoms with E-state index in [0.717, 1.165) is 37.1 Å². The normalized spacial score (nSPS) is 13.4. The zero-order valence-corrected chi connectivity index (χ0v) is 16.7. The first kappa shape index (κ1) is 20.8. The fourth-order valence-electron chi connectivity index (χ4n) is 3.42. The van der Waals surface area contributed by atoms with Gasteiger partial charge in [-0.25, -0.2) is 9.48 Å². The van der Waals surface area contributed by atoms with Gasteiger partial charge in [-0.1, -0.05) is 12.5 Å². The lowest BCUT2D eigenvalue weighted by atomic mass is 10.2. The molecule has 0 atom stereocenters. The van der Waals surface area contributed by atoms with Crippen molar-refractivity contribution < 1.29 is 14.3 Å². The van der Waals surface area contributed by atoms with Crippen LogP contribution in [0.25, 0.3) is 0 Å². The monoisotopic (exact) mass is 401 g/mol. The van der Waals surface area contributed by atoms with Gasteiger partial charge in [0.25, 0.3) is 0 Å². The number of ether oxygens (including phenoxy) is 1. The van der Waals surface area contributed by atoms with E-state index < -0.39 is 0 Å². The summed E-state index contributed by atoms with van der Waals surface area (Å²) in [5.74, 6) is 0.113. The van der Waals surface area contributed by atoms with Crippen LogP contribution in [0.5, 0.6) is 0 Å². The van der Waals surface area contributed by atoms with Crippen molar-refractivity contribution in [2.24, 2.45) is 0 Å². The number of aromatic nitrogens is 4. The Labute approximate surface area is 169 Å². The molecule has 0 aromatic carbocycles. The number of hydrogen-bond acceptors (Lipinski definition) is 6. The van der Waals surface area contributed by atoms with Crippen molar-refractivity contribution in [3.63, 3.8) is 0 Å². The third-order valence-electron chi connectivity index (χ3n) is 4.91. The molecule has 0 unspecified atom stereocenters. The molecule has 0 aliphatic carbocycles. The molecule has 0 radical (unpaired) electrons. The third-order valence-corrected chi connectivity index (χ3v) is 4.91. The van der Waals surface area contributed by atoms with Gasteiger partial charge in [-0.05, 0) is 31.4 Å². The summed E-state index contributed by atoms with van der Waals surface area (Å²) in [5, 5.41) is 4.38. The molecule has 0 bridgehead atoms. The minimum atomic E-state index is -0.359. The highest BCUT2D eigenvalue weighted by molar-refractivity contribution is 5.77. The van der Waals surface area contributed by atoms with Gasteiger partial charge in [0.05, 0.1) is 13.0 Å². The Balaban J connectivity index is 1.73. The number of carbonyl (C=O) groups is 2. The Morgan fingerprint density at radius 2 is 2.14 bits per heavy atom. The van der Waals surface area contributed by atoms with E-state index in [2.05, 4.69) is 10.1 Å². The number of carbonyl (C=O) groups excluding carboxylic acids is 2. The van der Waals surface area contributed by atoms with Gasteiger partial charge in [0, 0.05) is 38.4 Å².